The van der Waals surface area contributed by atoms with Crippen molar-refractivity contribution in [3.05, 3.63) is 35.4 Å². The number of ether oxygens (including phenoxy) is 5. The highest BCUT2D eigenvalue weighted by Crippen LogP contribution is 2.43. The topological polar surface area (TPSA) is 75.3 Å². The quantitative estimate of drug-likeness (QED) is 0.786. The van der Waals surface area contributed by atoms with E-state index in [1.165, 1.54) is 0 Å². The van der Waals surface area contributed by atoms with Crippen molar-refractivity contribution >= 4 is 23.2 Å². The zero-order valence-corrected chi connectivity index (χ0v) is 15.8. The number of nitrogens with one attached hydrogen (secondary N) is 1. The Balaban J connectivity index is 2.15. The molecule has 0 saturated heterocycles. The Morgan fingerprint density at radius 2 is 1.22 bits per heavy atom. The Morgan fingerprint density at radius 3 is 1.81 bits per heavy atom. The number of amides is 1. The molecule has 2 aromatic rings. The van der Waals surface area contributed by atoms with Crippen molar-refractivity contribution in [2.75, 3.05) is 40.9 Å². The lowest BCUT2D eigenvalue weighted by Gasteiger charge is -2.13. The minimum atomic E-state index is -0.225. The van der Waals surface area contributed by atoms with Crippen LogP contribution in [0.25, 0.3) is 11.6 Å². The number of carbonyl (C=O) groups excluding carboxylic acids is 1. The van der Waals surface area contributed by atoms with Gasteiger partial charge >= 0.3 is 0 Å². The van der Waals surface area contributed by atoms with Crippen molar-refractivity contribution in [2.45, 2.75) is 0 Å². The molecule has 0 spiro atoms. The van der Waals surface area contributed by atoms with Crippen molar-refractivity contribution in [2.24, 2.45) is 0 Å². The Morgan fingerprint density at radius 1 is 0.704 bits per heavy atom. The molecule has 0 aromatic heterocycles. The summed E-state index contributed by atoms with van der Waals surface area (Å²) >= 11 is 0. The normalized spacial score (nSPS) is 13.8. The number of fused-ring (bicyclic) bond motifs is 1. The van der Waals surface area contributed by atoms with Crippen molar-refractivity contribution in [1.29, 1.82) is 0 Å². The second-order valence-electron chi connectivity index (χ2n) is 5.71. The molecule has 2 aromatic carbocycles. The van der Waals surface area contributed by atoms with Gasteiger partial charge in [-0.2, -0.15) is 0 Å². The minimum Gasteiger partial charge on any atom is -0.496 e. The monoisotopic (exact) mass is 371 g/mol. The smallest absolute Gasteiger partial charge is 0.256 e. The lowest BCUT2D eigenvalue weighted by atomic mass is 10.0. The molecular weight excluding hydrogens is 350 g/mol. The summed E-state index contributed by atoms with van der Waals surface area (Å²) in [6.45, 7) is 0. The lowest BCUT2D eigenvalue weighted by molar-refractivity contribution is -0.110. The third-order valence-electron chi connectivity index (χ3n) is 4.34. The predicted octanol–water partition coefficient (Wildman–Crippen LogP) is 3.22. The molecule has 3 rings (SSSR count). The van der Waals surface area contributed by atoms with E-state index in [0.717, 1.165) is 5.56 Å². The second kappa shape index (κ2) is 7.49. The Bertz CT molecular complexity index is 919. The van der Waals surface area contributed by atoms with Gasteiger partial charge in [0.25, 0.3) is 5.91 Å². The third-order valence-corrected chi connectivity index (χ3v) is 4.34. The standard InChI is InChI=1S/C20H21NO6/c1-23-15-10-19(27-5)16(24-2)7-11(15)6-13-12-8-17(25-3)18(26-4)9-14(12)21-20(13)22/h6-10H,1-5H3,(H,21,22)/b13-6-. The number of methoxy groups -OCH3 is 5. The molecule has 0 atom stereocenters. The van der Waals surface area contributed by atoms with Gasteiger partial charge in [0.1, 0.15) is 5.75 Å². The van der Waals surface area contributed by atoms with Gasteiger partial charge in [-0.1, -0.05) is 0 Å². The highest BCUT2D eigenvalue weighted by Gasteiger charge is 2.27. The van der Waals surface area contributed by atoms with E-state index in [2.05, 4.69) is 5.32 Å². The van der Waals surface area contributed by atoms with Gasteiger partial charge in [-0.05, 0) is 18.2 Å². The van der Waals surface area contributed by atoms with Crippen LogP contribution in [-0.4, -0.2) is 41.5 Å². The summed E-state index contributed by atoms with van der Waals surface area (Å²) in [5.41, 5.74) is 2.54. The van der Waals surface area contributed by atoms with Gasteiger partial charge < -0.3 is 29.0 Å². The number of hydrogen-bond donors (Lipinski definition) is 1. The van der Waals surface area contributed by atoms with Crippen LogP contribution in [0.15, 0.2) is 24.3 Å². The summed E-state index contributed by atoms with van der Waals surface area (Å²) in [4.78, 5) is 12.6. The van der Waals surface area contributed by atoms with Crippen molar-refractivity contribution in [3.63, 3.8) is 0 Å². The molecule has 0 saturated carbocycles. The van der Waals surface area contributed by atoms with Crippen molar-refractivity contribution < 1.29 is 28.5 Å². The molecule has 0 unspecified atom stereocenters. The number of carbonyl (C=O) groups is 1. The van der Waals surface area contributed by atoms with Crippen LogP contribution in [0.3, 0.4) is 0 Å². The maximum absolute atomic E-state index is 12.6. The Labute approximate surface area is 157 Å². The highest BCUT2D eigenvalue weighted by molar-refractivity contribution is 6.35. The predicted molar refractivity (Wildman–Crippen MR) is 102 cm³/mol. The van der Waals surface area contributed by atoms with E-state index in [1.807, 2.05) is 0 Å². The molecular formula is C20H21NO6. The van der Waals surface area contributed by atoms with Gasteiger partial charge in [0.05, 0.1) is 41.2 Å². The number of hydrogen-bond acceptors (Lipinski definition) is 6. The van der Waals surface area contributed by atoms with Crippen LogP contribution in [0, 0.1) is 0 Å². The van der Waals surface area contributed by atoms with Gasteiger partial charge in [-0.15, -0.1) is 0 Å². The molecule has 7 nitrogen and oxygen atoms in total. The lowest BCUT2D eigenvalue weighted by Crippen LogP contribution is -2.04. The van der Waals surface area contributed by atoms with Crippen LogP contribution in [0.1, 0.15) is 11.1 Å². The summed E-state index contributed by atoms with van der Waals surface area (Å²) in [5.74, 6) is 2.49. The third kappa shape index (κ3) is 3.23. The van der Waals surface area contributed by atoms with Crippen LogP contribution >= 0.6 is 0 Å². The van der Waals surface area contributed by atoms with Gasteiger partial charge in [0, 0.05) is 28.8 Å². The Kier molecular flexibility index (Phi) is 5.12. The molecule has 0 bridgehead atoms. The van der Waals surface area contributed by atoms with E-state index < -0.39 is 0 Å². The summed E-state index contributed by atoms with van der Waals surface area (Å²) in [5, 5.41) is 2.84. The molecule has 142 valence electrons. The van der Waals surface area contributed by atoms with Crippen LogP contribution in [-0.2, 0) is 4.79 Å². The molecule has 1 aliphatic heterocycles. The average Bonchev–Trinajstić information content (AvgIpc) is 3.00. The van der Waals surface area contributed by atoms with Crippen LogP contribution in [0.4, 0.5) is 5.69 Å². The second-order valence-corrected chi connectivity index (χ2v) is 5.71. The number of benzene rings is 2. The SMILES string of the molecule is COc1cc(OC)c(OC)cc1/C=C1\C(=O)Nc2cc(OC)c(OC)cc21. The van der Waals surface area contributed by atoms with Crippen molar-refractivity contribution in [3.8, 4) is 28.7 Å². The molecule has 27 heavy (non-hydrogen) atoms. The highest BCUT2D eigenvalue weighted by atomic mass is 16.5. The first-order valence-corrected chi connectivity index (χ1v) is 8.15. The number of rotatable bonds is 6. The van der Waals surface area contributed by atoms with Gasteiger partial charge in [0.2, 0.25) is 0 Å². The van der Waals surface area contributed by atoms with E-state index in [-0.39, 0.29) is 5.91 Å². The fourth-order valence-electron chi connectivity index (χ4n) is 2.98. The first kappa shape index (κ1) is 18.4. The zero-order chi connectivity index (χ0) is 19.6. The maximum atomic E-state index is 12.6. The van der Waals surface area contributed by atoms with Gasteiger partial charge in [-0.25, -0.2) is 0 Å². The molecule has 0 radical (unpaired) electrons. The van der Waals surface area contributed by atoms with Crippen molar-refractivity contribution in [1.82, 2.24) is 0 Å². The molecule has 7 heteroatoms. The van der Waals surface area contributed by atoms with Gasteiger partial charge in [-0.3, -0.25) is 4.79 Å². The summed E-state index contributed by atoms with van der Waals surface area (Å²) in [6, 6.07) is 6.98. The fraction of sp³-hybridized carbons (Fsp3) is 0.250. The molecule has 1 aliphatic rings. The molecule has 0 aliphatic carbocycles. The first-order chi connectivity index (χ1) is 13.1. The molecule has 1 N–H and O–H groups in total. The molecule has 0 fully saturated rings. The van der Waals surface area contributed by atoms with Crippen LogP contribution < -0.4 is 29.0 Å². The minimum absolute atomic E-state index is 0.225. The fourth-order valence-corrected chi connectivity index (χ4v) is 2.98. The van der Waals surface area contributed by atoms with E-state index in [0.29, 0.717) is 45.6 Å². The number of anilines is 1. The summed E-state index contributed by atoms with van der Waals surface area (Å²) in [6.07, 6.45) is 1.74. The molecule has 1 amide bonds. The summed E-state index contributed by atoms with van der Waals surface area (Å²) in [7, 11) is 7.76. The first-order valence-electron chi connectivity index (χ1n) is 8.15. The van der Waals surface area contributed by atoms with E-state index in [1.54, 1.807) is 65.9 Å². The largest absolute Gasteiger partial charge is 0.496 e. The zero-order valence-electron chi connectivity index (χ0n) is 15.8. The average molecular weight is 371 g/mol. The van der Waals surface area contributed by atoms with Crippen LogP contribution in [0.2, 0.25) is 0 Å². The maximum Gasteiger partial charge on any atom is 0.256 e. The van der Waals surface area contributed by atoms with E-state index in [9.17, 15) is 4.79 Å². The van der Waals surface area contributed by atoms with Crippen LogP contribution in [0.5, 0.6) is 28.7 Å². The van der Waals surface area contributed by atoms with E-state index in [4.69, 9.17) is 23.7 Å². The van der Waals surface area contributed by atoms with E-state index >= 15 is 0 Å². The molecule has 1 heterocycles. The Hall–Kier alpha value is -3.35. The van der Waals surface area contributed by atoms with Gasteiger partial charge in [0.15, 0.2) is 23.0 Å². The summed E-state index contributed by atoms with van der Waals surface area (Å²) < 4.78 is 26.8.